The van der Waals surface area contributed by atoms with Crippen LogP contribution in [0.2, 0.25) is 0 Å². The van der Waals surface area contributed by atoms with Crippen LogP contribution in [-0.4, -0.2) is 31.4 Å². The molecule has 1 unspecified atom stereocenters. The number of carbonyl (C=O) groups is 2. The lowest BCUT2D eigenvalue weighted by Crippen LogP contribution is -2.21. The third-order valence-electron chi connectivity index (χ3n) is 3.38. The average Bonchev–Trinajstić information content (AvgIpc) is 2.55. The van der Waals surface area contributed by atoms with Crippen molar-refractivity contribution in [3.8, 4) is 0 Å². The van der Waals surface area contributed by atoms with Crippen LogP contribution < -0.4 is 0 Å². The maximum absolute atomic E-state index is 12.0. The van der Waals surface area contributed by atoms with E-state index in [1.807, 2.05) is 19.1 Å². The lowest BCUT2D eigenvalue weighted by atomic mass is 10.1. The van der Waals surface area contributed by atoms with Crippen molar-refractivity contribution < 1.29 is 23.8 Å². The standard InChI is InChI=1S/C18H26O5/c1-4-7-14-8-10-15(11-9-14)17(19)22-13-12-16(5-2)23-18(20)21-6-3/h8-11,16H,4-7,12-13H2,1-3H3. The molecule has 1 aromatic rings. The molecule has 0 spiro atoms. The van der Waals surface area contributed by atoms with Crippen LogP contribution in [0.15, 0.2) is 24.3 Å². The summed E-state index contributed by atoms with van der Waals surface area (Å²) < 4.78 is 15.1. The molecular formula is C18H26O5. The Hall–Kier alpha value is -2.04. The molecule has 0 aliphatic carbocycles. The third kappa shape index (κ3) is 7.17. The van der Waals surface area contributed by atoms with E-state index in [0.717, 1.165) is 12.8 Å². The number of carbonyl (C=O) groups excluding carboxylic acids is 2. The van der Waals surface area contributed by atoms with Crippen molar-refractivity contribution in [2.24, 2.45) is 0 Å². The smallest absolute Gasteiger partial charge is 0.462 e. The molecule has 1 atom stereocenters. The summed E-state index contributed by atoms with van der Waals surface area (Å²) in [5.74, 6) is -0.362. The third-order valence-corrected chi connectivity index (χ3v) is 3.38. The Bertz CT molecular complexity index is 481. The van der Waals surface area contributed by atoms with E-state index in [9.17, 15) is 9.59 Å². The van der Waals surface area contributed by atoms with Gasteiger partial charge in [0.2, 0.25) is 0 Å². The van der Waals surface area contributed by atoms with Crippen LogP contribution in [0.1, 0.15) is 56.0 Å². The van der Waals surface area contributed by atoms with E-state index in [4.69, 9.17) is 14.2 Å². The highest BCUT2D eigenvalue weighted by Gasteiger charge is 2.15. The highest BCUT2D eigenvalue weighted by Crippen LogP contribution is 2.10. The molecule has 0 aliphatic heterocycles. The second kappa shape index (κ2) is 10.6. The number of rotatable bonds is 9. The van der Waals surface area contributed by atoms with E-state index in [2.05, 4.69) is 6.92 Å². The summed E-state index contributed by atoms with van der Waals surface area (Å²) in [6.07, 6.45) is 2.17. The molecule has 1 aromatic carbocycles. The van der Waals surface area contributed by atoms with Gasteiger partial charge in [0.15, 0.2) is 0 Å². The predicted octanol–water partition coefficient (Wildman–Crippen LogP) is 4.14. The fourth-order valence-electron chi connectivity index (χ4n) is 2.10. The highest BCUT2D eigenvalue weighted by molar-refractivity contribution is 5.89. The fraction of sp³-hybridized carbons (Fsp3) is 0.556. The minimum Gasteiger partial charge on any atom is -0.462 e. The molecule has 0 saturated heterocycles. The van der Waals surface area contributed by atoms with Gasteiger partial charge in [0.05, 0.1) is 18.8 Å². The van der Waals surface area contributed by atoms with Crippen LogP contribution in [0.3, 0.4) is 0 Å². The first kappa shape index (κ1) is 19.0. The zero-order valence-electron chi connectivity index (χ0n) is 14.2. The van der Waals surface area contributed by atoms with Crippen LogP contribution in [0, 0.1) is 0 Å². The van der Waals surface area contributed by atoms with E-state index in [1.54, 1.807) is 19.1 Å². The van der Waals surface area contributed by atoms with Gasteiger partial charge in [-0.3, -0.25) is 0 Å². The summed E-state index contributed by atoms with van der Waals surface area (Å²) in [5.41, 5.74) is 1.74. The van der Waals surface area contributed by atoms with E-state index in [1.165, 1.54) is 5.56 Å². The summed E-state index contributed by atoms with van der Waals surface area (Å²) in [7, 11) is 0. The van der Waals surface area contributed by atoms with Crippen LogP contribution >= 0.6 is 0 Å². The van der Waals surface area contributed by atoms with Gasteiger partial charge in [-0.2, -0.15) is 0 Å². The summed E-state index contributed by atoms with van der Waals surface area (Å²) in [5, 5.41) is 0. The molecule has 0 aliphatic rings. The summed E-state index contributed by atoms with van der Waals surface area (Å²) >= 11 is 0. The Morgan fingerprint density at radius 3 is 2.30 bits per heavy atom. The molecule has 23 heavy (non-hydrogen) atoms. The second-order valence-corrected chi connectivity index (χ2v) is 5.20. The lowest BCUT2D eigenvalue weighted by molar-refractivity contribution is 0.0110. The summed E-state index contributed by atoms with van der Waals surface area (Å²) in [4.78, 5) is 23.2. The molecule has 128 valence electrons. The van der Waals surface area contributed by atoms with E-state index in [-0.39, 0.29) is 25.3 Å². The van der Waals surface area contributed by atoms with E-state index >= 15 is 0 Å². The van der Waals surface area contributed by atoms with Gasteiger partial charge >= 0.3 is 12.1 Å². The average molecular weight is 322 g/mol. The van der Waals surface area contributed by atoms with Crippen molar-refractivity contribution in [2.45, 2.75) is 52.6 Å². The monoisotopic (exact) mass is 322 g/mol. The van der Waals surface area contributed by atoms with Crippen molar-refractivity contribution in [3.05, 3.63) is 35.4 Å². The first-order valence-electron chi connectivity index (χ1n) is 8.20. The zero-order chi connectivity index (χ0) is 17.1. The van der Waals surface area contributed by atoms with Gasteiger partial charge in [-0.05, 0) is 37.5 Å². The van der Waals surface area contributed by atoms with Gasteiger partial charge in [0.1, 0.15) is 6.10 Å². The number of hydrogen-bond acceptors (Lipinski definition) is 5. The van der Waals surface area contributed by atoms with Crippen LogP contribution in [0.25, 0.3) is 0 Å². The van der Waals surface area contributed by atoms with Gasteiger partial charge in [-0.1, -0.05) is 32.4 Å². The molecule has 0 amide bonds. The molecule has 0 radical (unpaired) electrons. The number of benzene rings is 1. The van der Waals surface area contributed by atoms with Crippen molar-refractivity contribution in [1.82, 2.24) is 0 Å². The Kier molecular flexibility index (Phi) is 8.80. The lowest BCUT2D eigenvalue weighted by Gasteiger charge is -2.15. The maximum atomic E-state index is 12.0. The Balaban J connectivity index is 2.38. The SMILES string of the molecule is CCCc1ccc(C(=O)OCCC(CC)OC(=O)OCC)cc1. The molecule has 0 bridgehead atoms. The molecule has 0 saturated carbocycles. The van der Waals surface area contributed by atoms with Crippen molar-refractivity contribution >= 4 is 12.1 Å². The number of aryl methyl sites for hydroxylation is 1. The van der Waals surface area contributed by atoms with Gasteiger partial charge in [-0.15, -0.1) is 0 Å². The molecular weight excluding hydrogens is 296 g/mol. The number of hydrogen-bond donors (Lipinski definition) is 0. The Morgan fingerprint density at radius 1 is 1.04 bits per heavy atom. The minimum absolute atomic E-state index is 0.202. The molecule has 5 nitrogen and oxygen atoms in total. The van der Waals surface area contributed by atoms with Gasteiger partial charge in [0, 0.05) is 6.42 Å². The van der Waals surface area contributed by atoms with Gasteiger partial charge in [-0.25, -0.2) is 9.59 Å². The van der Waals surface area contributed by atoms with Gasteiger partial charge < -0.3 is 14.2 Å². The predicted molar refractivity (Wildman–Crippen MR) is 87.5 cm³/mol. The van der Waals surface area contributed by atoms with E-state index in [0.29, 0.717) is 18.4 Å². The molecule has 1 rings (SSSR count). The quantitative estimate of drug-likeness (QED) is 0.639. The number of ether oxygens (including phenoxy) is 3. The first-order valence-corrected chi connectivity index (χ1v) is 8.20. The van der Waals surface area contributed by atoms with Crippen LogP contribution in [0.5, 0.6) is 0 Å². The number of esters is 1. The maximum Gasteiger partial charge on any atom is 0.508 e. The van der Waals surface area contributed by atoms with Crippen LogP contribution in [0.4, 0.5) is 4.79 Å². The Labute approximate surface area is 137 Å². The highest BCUT2D eigenvalue weighted by atomic mass is 16.7. The van der Waals surface area contributed by atoms with Crippen LogP contribution in [-0.2, 0) is 20.6 Å². The first-order chi connectivity index (χ1) is 11.1. The second-order valence-electron chi connectivity index (χ2n) is 5.20. The molecule has 0 heterocycles. The van der Waals surface area contributed by atoms with E-state index < -0.39 is 6.16 Å². The fourth-order valence-corrected chi connectivity index (χ4v) is 2.10. The molecule has 0 fully saturated rings. The topological polar surface area (TPSA) is 61.8 Å². The molecule has 0 N–H and O–H groups in total. The molecule has 5 heteroatoms. The summed E-state index contributed by atoms with van der Waals surface area (Å²) in [6.45, 7) is 6.21. The van der Waals surface area contributed by atoms with Crippen molar-refractivity contribution in [3.63, 3.8) is 0 Å². The van der Waals surface area contributed by atoms with Gasteiger partial charge in [0.25, 0.3) is 0 Å². The summed E-state index contributed by atoms with van der Waals surface area (Å²) in [6, 6.07) is 7.44. The van der Waals surface area contributed by atoms with Crippen molar-refractivity contribution in [1.29, 1.82) is 0 Å². The zero-order valence-corrected chi connectivity index (χ0v) is 14.2. The minimum atomic E-state index is -0.683. The van der Waals surface area contributed by atoms with Crippen molar-refractivity contribution in [2.75, 3.05) is 13.2 Å². The normalized spacial score (nSPS) is 11.6. The molecule has 0 aromatic heterocycles. The largest absolute Gasteiger partial charge is 0.508 e. The Morgan fingerprint density at radius 2 is 1.74 bits per heavy atom.